The van der Waals surface area contributed by atoms with Gasteiger partial charge in [-0.25, -0.2) is 4.79 Å². The van der Waals surface area contributed by atoms with E-state index in [4.69, 9.17) is 11.6 Å². The number of hydrogen-bond acceptors (Lipinski definition) is 2. The van der Waals surface area contributed by atoms with E-state index in [9.17, 15) is 14.7 Å². The molecule has 0 aliphatic rings. The van der Waals surface area contributed by atoms with Gasteiger partial charge in [-0.1, -0.05) is 29.8 Å². The number of para-hydroxylation sites is 1. The van der Waals surface area contributed by atoms with Gasteiger partial charge in [0.25, 0.3) is 5.91 Å². The Morgan fingerprint density at radius 2 is 1.68 bits per heavy atom. The van der Waals surface area contributed by atoms with Gasteiger partial charge in [0.2, 0.25) is 0 Å². The predicted octanol–water partition coefficient (Wildman–Crippen LogP) is 3.99. The van der Waals surface area contributed by atoms with E-state index in [1.165, 1.54) is 4.57 Å². The van der Waals surface area contributed by atoms with Crippen molar-refractivity contribution in [2.75, 3.05) is 0 Å². The third-order valence-corrected chi connectivity index (χ3v) is 3.87. The van der Waals surface area contributed by atoms with E-state index in [0.29, 0.717) is 27.2 Å². The van der Waals surface area contributed by atoms with E-state index in [2.05, 4.69) is 0 Å². The summed E-state index contributed by atoms with van der Waals surface area (Å²) in [5.74, 6) is -1.32. The number of hydrogen-bond donors (Lipinski definition) is 1. The Bertz CT molecular complexity index is 894. The Morgan fingerprint density at radius 1 is 1.05 bits per heavy atom. The number of carboxylic acid groups (broad SMARTS) is 1. The van der Waals surface area contributed by atoms with E-state index < -0.39 is 5.97 Å². The number of rotatable bonds is 2. The monoisotopic (exact) mass is 313 g/mol. The molecule has 0 amide bonds. The zero-order valence-electron chi connectivity index (χ0n) is 11.7. The fraction of sp³-hybridized carbons (Fsp3) is 0.0588. The Hall–Kier alpha value is -2.59. The number of aromatic carboxylic acids is 1. The van der Waals surface area contributed by atoms with Gasteiger partial charge >= 0.3 is 5.97 Å². The molecule has 0 atom stereocenters. The average molecular weight is 314 g/mol. The number of aromatic nitrogens is 1. The summed E-state index contributed by atoms with van der Waals surface area (Å²) in [4.78, 5) is 24.3. The molecule has 4 nitrogen and oxygen atoms in total. The number of halogens is 1. The summed E-state index contributed by atoms with van der Waals surface area (Å²) in [5.41, 5.74) is 1.59. The number of benzene rings is 2. The first kappa shape index (κ1) is 14.4. The van der Waals surface area contributed by atoms with Crippen LogP contribution in [-0.4, -0.2) is 21.6 Å². The first-order valence-electron chi connectivity index (χ1n) is 6.64. The molecule has 0 saturated heterocycles. The Balaban J connectivity index is 2.27. The molecule has 110 valence electrons. The minimum atomic E-state index is -1.05. The molecule has 0 fully saturated rings. The van der Waals surface area contributed by atoms with Crippen molar-refractivity contribution in [3.8, 4) is 0 Å². The largest absolute Gasteiger partial charge is 0.478 e. The van der Waals surface area contributed by atoms with Crippen molar-refractivity contribution < 1.29 is 14.7 Å². The molecule has 0 aliphatic heterocycles. The Labute approximate surface area is 131 Å². The predicted molar refractivity (Wildman–Crippen MR) is 84.8 cm³/mol. The van der Waals surface area contributed by atoms with Crippen LogP contribution in [0.5, 0.6) is 0 Å². The third-order valence-electron chi connectivity index (χ3n) is 3.62. The topological polar surface area (TPSA) is 59.3 Å². The summed E-state index contributed by atoms with van der Waals surface area (Å²) in [7, 11) is 0. The molecular weight excluding hydrogens is 302 g/mol. The van der Waals surface area contributed by atoms with Crippen LogP contribution in [-0.2, 0) is 0 Å². The van der Waals surface area contributed by atoms with Gasteiger partial charge in [0.15, 0.2) is 0 Å². The fourth-order valence-electron chi connectivity index (χ4n) is 2.62. The normalized spacial score (nSPS) is 10.8. The molecule has 3 rings (SSSR count). The standard InChI is InChI=1S/C17H12ClNO3/c1-10-15(17(21)22)13-4-2-3-5-14(13)19(10)16(20)11-6-8-12(18)9-7-11/h2-9H,1H3,(H,21,22). The van der Waals surface area contributed by atoms with Crippen LogP contribution < -0.4 is 0 Å². The van der Waals surface area contributed by atoms with Crippen molar-refractivity contribution >= 4 is 34.4 Å². The van der Waals surface area contributed by atoms with E-state index in [0.717, 1.165) is 0 Å². The number of carboxylic acids is 1. The lowest BCUT2D eigenvalue weighted by Gasteiger charge is -2.07. The maximum atomic E-state index is 12.8. The molecular formula is C17H12ClNO3. The molecule has 0 aliphatic carbocycles. The lowest BCUT2D eigenvalue weighted by Crippen LogP contribution is -2.14. The highest BCUT2D eigenvalue weighted by Gasteiger charge is 2.23. The molecule has 0 bridgehead atoms. The fourth-order valence-corrected chi connectivity index (χ4v) is 2.75. The van der Waals surface area contributed by atoms with E-state index in [1.807, 2.05) is 0 Å². The van der Waals surface area contributed by atoms with Gasteiger partial charge < -0.3 is 5.11 Å². The SMILES string of the molecule is Cc1c(C(=O)O)c2ccccc2n1C(=O)c1ccc(Cl)cc1. The van der Waals surface area contributed by atoms with Crippen LogP contribution in [0.4, 0.5) is 0 Å². The van der Waals surface area contributed by atoms with Crippen LogP contribution in [0.3, 0.4) is 0 Å². The van der Waals surface area contributed by atoms with Gasteiger partial charge in [-0.05, 0) is 37.3 Å². The second-order valence-electron chi connectivity index (χ2n) is 4.93. The van der Waals surface area contributed by atoms with Crippen molar-refractivity contribution in [2.24, 2.45) is 0 Å². The maximum Gasteiger partial charge on any atom is 0.338 e. The molecule has 5 heteroatoms. The summed E-state index contributed by atoms with van der Waals surface area (Å²) >= 11 is 5.84. The van der Waals surface area contributed by atoms with Gasteiger partial charge in [-0.15, -0.1) is 0 Å². The number of carbonyl (C=O) groups excluding carboxylic acids is 1. The average Bonchev–Trinajstić information content (AvgIpc) is 2.79. The lowest BCUT2D eigenvalue weighted by molar-refractivity contribution is 0.0698. The molecule has 0 radical (unpaired) electrons. The summed E-state index contributed by atoms with van der Waals surface area (Å²) in [6.07, 6.45) is 0. The quantitative estimate of drug-likeness (QED) is 0.778. The van der Waals surface area contributed by atoms with Crippen molar-refractivity contribution in [1.29, 1.82) is 0 Å². The molecule has 0 saturated carbocycles. The first-order chi connectivity index (χ1) is 10.5. The minimum absolute atomic E-state index is 0.151. The highest BCUT2D eigenvalue weighted by atomic mass is 35.5. The zero-order valence-corrected chi connectivity index (χ0v) is 12.5. The molecule has 1 N–H and O–H groups in total. The molecule has 22 heavy (non-hydrogen) atoms. The van der Waals surface area contributed by atoms with Crippen LogP contribution in [0, 0.1) is 6.92 Å². The van der Waals surface area contributed by atoms with Gasteiger partial charge in [0, 0.05) is 21.7 Å². The van der Waals surface area contributed by atoms with Crippen LogP contribution in [0.1, 0.15) is 26.4 Å². The third kappa shape index (κ3) is 2.18. The Kier molecular flexibility index (Phi) is 3.47. The maximum absolute atomic E-state index is 12.8. The van der Waals surface area contributed by atoms with Crippen molar-refractivity contribution in [3.05, 3.63) is 70.4 Å². The van der Waals surface area contributed by atoms with E-state index in [-0.39, 0.29) is 11.5 Å². The highest BCUT2D eigenvalue weighted by Crippen LogP contribution is 2.27. The summed E-state index contributed by atoms with van der Waals surface area (Å²) < 4.78 is 1.43. The number of fused-ring (bicyclic) bond motifs is 1. The van der Waals surface area contributed by atoms with Crippen LogP contribution in [0.25, 0.3) is 10.9 Å². The van der Waals surface area contributed by atoms with Crippen molar-refractivity contribution in [2.45, 2.75) is 6.92 Å². The molecule has 3 aromatic rings. The van der Waals surface area contributed by atoms with Crippen LogP contribution in [0.2, 0.25) is 5.02 Å². The van der Waals surface area contributed by atoms with Crippen LogP contribution in [0.15, 0.2) is 48.5 Å². The molecule has 1 aromatic heterocycles. The van der Waals surface area contributed by atoms with Crippen LogP contribution >= 0.6 is 11.6 Å². The molecule has 1 heterocycles. The van der Waals surface area contributed by atoms with Gasteiger partial charge in [0.1, 0.15) is 0 Å². The smallest absolute Gasteiger partial charge is 0.338 e. The number of nitrogens with zero attached hydrogens (tertiary/aromatic N) is 1. The van der Waals surface area contributed by atoms with Gasteiger partial charge in [-0.2, -0.15) is 0 Å². The second kappa shape index (κ2) is 5.31. The summed E-state index contributed by atoms with van der Waals surface area (Å²) in [5, 5.41) is 10.5. The molecule has 0 unspecified atom stereocenters. The summed E-state index contributed by atoms with van der Waals surface area (Å²) in [6, 6.07) is 13.5. The van der Waals surface area contributed by atoms with Crippen molar-refractivity contribution in [1.82, 2.24) is 4.57 Å². The van der Waals surface area contributed by atoms with E-state index >= 15 is 0 Å². The zero-order chi connectivity index (χ0) is 15.9. The number of carbonyl (C=O) groups is 2. The van der Waals surface area contributed by atoms with Crippen molar-refractivity contribution in [3.63, 3.8) is 0 Å². The second-order valence-corrected chi connectivity index (χ2v) is 5.37. The van der Waals surface area contributed by atoms with Gasteiger partial charge in [0.05, 0.1) is 11.1 Å². The highest BCUT2D eigenvalue weighted by molar-refractivity contribution is 6.30. The van der Waals surface area contributed by atoms with E-state index in [1.54, 1.807) is 55.5 Å². The van der Waals surface area contributed by atoms with Gasteiger partial charge in [-0.3, -0.25) is 9.36 Å². The first-order valence-corrected chi connectivity index (χ1v) is 7.02. The molecule has 0 spiro atoms. The summed E-state index contributed by atoms with van der Waals surface area (Å²) in [6.45, 7) is 1.64. The lowest BCUT2D eigenvalue weighted by atomic mass is 10.1. The Morgan fingerprint density at radius 3 is 2.32 bits per heavy atom. The minimum Gasteiger partial charge on any atom is -0.478 e. The molecule has 2 aromatic carbocycles.